The molecule has 52 heavy (non-hydrogen) atoms. The van der Waals surface area contributed by atoms with Gasteiger partial charge in [-0.2, -0.15) is 0 Å². The molecule has 0 saturated carbocycles. The molecular weight excluding hydrogens is 654 g/mol. The lowest BCUT2D eigenvalue weighted by Crippen LogP contribution is -2.55. The van der Waals surface area contributed by atoms with E-state index < -0.39 is 18.1 Å². The van der Waals surface area contributed by atoms with E-state index in [2.05, 4.69) is 26.0 Å². The van der Waals surface area contributed by atoms with Crippen LogP contribution in [0.5, 0.6) is 0 Å². The zero-order valence-electron chi connectivity index (χ0n) is 34.7. The maximum atomic E-state index is 12.6. The summed E-state index contributed by atoms with van der Waals surface area (Å²) in [4.78, 5) is 36.6. The van der Waals surface area contributed by atoms with Crippen LogP contribution in [-0.4, -0.2) is 75.5 Å². The molecule has 8 heteroatoms. The Bertz CT molecular complexity index is 869. The summed E-state index contributed by atoms with van der Waals surface area (Å²) in [5, 5.41) is 11.6. The van der Waals surface area contributed by atoms with Crippen LogP contribution in [0.25, 0.3) is 0 Å². The number of ether oxygens (including phenoxy) is 3. The molecule has 0 bridgehead atoms. The predicted molar refractivity (Wildman–Crippen MR) is 213 cm³/mol. The van der Waals surface area contributed by atoms with Gasteiger partial charge in [-0.15, -0.1) is 0 Å². The molecule has 0 aromatic carbocycles. The Morgan fingerprint density at radius 3 is 1.38 bits per heavy atom. The Labute approximate surface area is 320 Å². The van der Waals surface area contributed by atoms with Crippen molar-refractivity contribution in [2.45, 2.75) is 212 Å². The Kier molecular flexibility index (Phi) is 34.7. The quantitative estimate of drug-likeness (QED) is 0.0268. The summed E-state index contributed by atoms with van der Waals surface area (Å²) in [6, 6.07) is -0.720. The van der Waals surface area contributed by atoms with Crippen LogP contribution in [0.4, 0.5) is 0 Å². The number of carbonyl (C=O) groups is 3. The number of hydrogen-bond donors (Lipinski definition) is 0. The average Bonchev–Trinajstić information content (AvgIpc) is 3.09. The molecule has 2 unspecified atom stereocenters. The van der Waals surface area contributed by atoms with Crippen molar-refractivity contribution in [3.8, 4) is 0 Å². The second kappa shape index (κ2) is 36.1. The third-order valence-electron chi connectivity index (χ3n) is 9.90. The number of esters is 2. The molecule has 0 aliphatic heterocycles. The lowest BCUT2D eigenvalue weighted by molar-refractivity contribution is -0.889. The van der Waals surface area contributed by atoms with Crippen LogP contribution in [0.15, 0.2) is 12.2 Å². The highest BCUT2D eigenvalue weighted by Crippen LogP contribution is 2.14. The molecule has 0 amide bonds. The van der Waals surface area contributed by atoms with E-state index in [9.17, 15) is 19.5 Å². The number of unbranched alkanes of at least 4 members (excludes halogenated alkanes) is 23. The Hall–Kier alpha value is -1.93. The molecule has 0 rings (SSSR count). The van der Waals surface area contributed by atoms with Crippen LogP contribution in [0, 0.1) is 0 Å². The first-order valence-corrected chi connectivity index (χ1v) is 21.7. The minimum Gasteiger partial charge on any atom is -0.544 e. The van der Waals surface area contributed by atoms with Gasteiger partial charge in [0.05, 0.1) is 40.3 Å². The van der Waals surface area contributed by atoms with E-state index in [0.717, 1.165) is 38.5 Å². The number of carboxylic acids is 1. The molecule has 0 fully saturated rings. The fraction of sp³-hybridized carbons (Fsp3) is 0.886. The van der Waals surface area contributed by atoms with Crippen molar-refractivity contribution < 1.29 is 38.2 Å². The number of carbonyl (C=O) groups excluding carboxylic acids is 3. The molecule has 0 heterocycles. The van der Waals surface area contributed by atoms with Gasteiger partial charge in [0.1, 0.15) is 12.6 Å². The summed E-state index contributed by atoms with van der Waals surface area (Å²) in [7, 11) is 5.40. The van der Waals surface area contributed by atoms with Crippen LogP contribution in [0.3, 0.4) is 0 Å². The van der Waals surface area contributed by atoms with Gasteiger partial charge >= 0.3 is 11.9 Å². The molecule has 0 aliphatic carbocycles. The second-order valence-corrected chi connectivity index (χ2v) is 15.9. The second-order valence-electron chi connectivity index (χ2n) is 15.9. The molecule has 0 saturated heterocycles. The molecule has 0 spiro atoms. The first-order valence-electron chi connectivity index (χ1n) is 21.7. The molecule has 0 N–H and O–H groups in total. The third kappa shape index (κ3) is 33.9. The van der Waals surface area contributed by atoms with Crippen molar-refractivity contribution in [2.75, 3.05) is 41.0 Å². The Balaban J connectivity index is 4.13. The first kappa shape index (κ1) is 50.1. The molecule has 8 nitrogen and oxygen atoms in total. The standard InChI is InChI=1S/C44H83NO7/c1-6-8-10-12-14-15-16-17-18-19-20-21-22-23-24-25-26-27-29-30-32-34-42(46)51-39-40(38-50-37-36-41(44(48)49)45(3,4)5)52-43(47)35-33-31-28-13-11-9-7-2/h21-22,40-41H,6-20,23-39H2,1-5H3/b22-21+. The van der Waals surface area contributed by atoms with E-state index in [0.29, 0.717) is 12.8 Å². The number of allylic oxidation sites excluding steroid dienone is 2. The highest BCUT2D eigenvalue weighted by molar-refractivity contribution is 5.70. The normalized spacial score (nSPS) is 13.0. The largest absolute Gasteiger partial charge is 0.544 e. The minimum atomic E-state index is -1.12. The van der Waals surface area contributed by atoms with Gasteiger partial charge in [-0.25, -0.2) is 0 Å². The van der Waals surface area contributed by atoms with Gasteiger partial charge in [-0.1, -0.05) is 154 Å². The predicted octanol–water partition coefficient (Wildman–Crippen LogP) is 10.2. The van der Waals surface area contributed by atoms with Gasteiger partial charge in [-0.05, 0) is 38.5 Å². The lowest BCUT2D eigenvalue weighted by Gasteiger charge is -2.34. The summed E-state index contributed by atoms with van der Waals surface area (Å²) in [5.41, 5.74) is 0. The zero-order valence-corrected chi connectivity index (χ0v) is 34.7. The van der Waals surface area contributed by atoms with E-state index in [1.54, 1.807) is 21.1 Å². The average molecular weight is 738 g/mol. The maximum absolute atomic E-state index is 12.6. The first-order chi connectivity index (χ1) is 25.1. The van der Waals surface area contributed by atoms with Crippen LogP contribution < -0.4 is 5.11 Å². The topological polar surface area (TPSA) is 102 Å². The number of rotatable bonds is 39. The SMILES string of the molecule is CCCCCCCCCCCC/C=C/CCCCCCCCCC(=O)OCC(COCCC(C(=O)[O-])[N+](C)(C)C)OC(=O)CCCCCCCCC. The van der Waals surface area contributed by atoms with Crippen molar-refractivity contribution >= 4 is 17.9 Å². The van der Waals surface area contributed by atoms with E-state index in [4.69, 9.17) is 14.2 Å². The number of likely N-dealkylation sites (N-methyl/N-ethyl adjacent to an activating group) is 1. The van der Waals surface area contributed by atoms with E-state index in [-0.39, 0.29) is 42.7 Å². The number of carboxylic acid groups (broad SMARTS) is 1. The molecule has 306 valence electrons. The van der Waals surface area contributed by atoms with Crippen LogP contribution in [0.1, 0.15) is 200 Å². The molecular formula is C44H83NO7. The van der Waals surface area contributed by atoms with Crippen molar-refractivity contribution in [1.29, 1.82) is 0 Å². The fourth-order valence-corrected chi connectivity index (χ4v) is 6.48. The summed E-state index contributed by atoms with van der Waals surface area (Å²) in [6.07, 6.45) is 36.9. The minimum absolute atomic E-state index is 0.0437. The van der Waals surface area contributed by atoms with Crippen molar-refractivity contribution in [3.63, 3.8) is 0 Å². The molecule has 2 atom stereocenters. The van der Waals surface area contributed by atoms with Gasteiger partial charge in [0, 0.05) is 19.3 Å². The van der Waals surface area contributed by atoms with Gasteiger partial charge in [0.25, 0.3) is 0 Å². The molecule has 0 aromatic rings. The fourth-order valence-electron chi connectivity index (χ4n) is 6.48. The highest BCUT2D eigenvalue weighted by atomic mass is 16.6. The summed E-state index contributed by atoms with van der Waals surface area (Å²) < 4.78 is 17.1. The van der Waals surface area contributed by atoms with Crippen molar-refractivity contribution in [1.82, 2.24) is 0 Å². The van der Waals surface area contributed by atoms with Crippen molar-refractivity contribution in [2.24, 2.45) is 0 Å². The van der Waals surface area contributed by atoms with Gasteiger partial charge in [0.2, 0.25) is 0 Å². The van der Waals surface area contributed by atoms with Crippen LogP contribution >= 0.6 is 0 Å². The number of nitrogens with zero attached hydrogens (tertiary/aromatic N) is 1. The summed E-state index contributed by atoms with van der Waals surface area (Å²) in [5.74, 6) is -1.74. The number of hydrogen-bond acceptors (Lipinski definition) is 7. The smallest absolute Gasteiger partial charge is 0.306 e. The monoisotopic (exact) mass is 738 g/mol. The van der Waals surface area contributed by atoms with Crippen LogP contribution in [0.2, 0.25) is 0 Å². The van der Waals surface area contributed by atoms with Gasteiger partial charge in [0.15, 0.2) is 6.10 Å². The molecule has 0 aromatic heterocycles. The lowest BCUT2D eigenvalue weighted by atomic mass is 10.1. The zero-order chi connectivity index (χ0) is 38.5. The van der Waals surface area contributed by atoms with Gasteiger partial charge < -0.3 is 28.6 Å². The number of quaternary nitrogens is 1. The maximum Gasteiger partial charge on any atom is 0.306 e. The highest BCUT2D eigenvalue weighted by Gasteiger charge is 2.25. The summed E-state index contributed by atoms with van der Waals surface area (Å²) in [6.45, 7) is 4.63. The summed E-state index contributed by atoms with van der Waals surface area (Å²) >= 11 is 0. The molecule has 0 aliphatic rings. The van der Waals surface area contributed by atoms with Crippen molar-refractivity contribution in [3.05, 3.63) is 12.2 Å². The Morgan fingerprint density at radius 2 is 0.962 bits per heavy atom. The third-order valence-corrected chi connectivity index (χ3v) is 9.90. The van der Waals surface area contributed by atoms with Crippen LogP contribution in [-0.2, 0) is 28.6 Å². The molecule has 0 radical (unpaired) electrons. The number of aliphatic carboxylic acids is 1. The van der Waals surface area contributed by atoms with E-state index in [1.807, 2.05) is 0 Å². The van der Waals surface area contributed by atoms with Gasteiger partial charge in [-0.3, -0.25) is 9.59 Å². The Morgan fingerprint density at radius 1 is 0.558 bits per heavy atom. The van der Waals surface area contributed by atoms with E-state index in [1.165, 1.54) is 128 Å². The van der Waals surface area contributed by atoms with E-state index >= 15 is 0 Å².